The highest BCUT2D eigenvalue weighted by atomic mass is 35.5. The third kappa shape index (κ3) is 3.28. The number of halogens is 1. The Hall–Kier alpha value is -1.07. The third-order valence-corrected chi connectivity index (χ3v) is 3.89. The molecule has 0 aliphatic carbocycles. The number of nitrogens with one attached hydrogen (secondary N) is 2. The minimum atomic E-state index is -0.218. The Bertz CT molecular complexity index is 488. The summed E-state index contributed by atoms with van der Waals surface area (Å²) in [4.78, 5) is 12.0. The largest absolute Gasteiger partial charge is 0.378 e. The van der Waals surface area contributed by atoms with E-state index in [-0.39, 0.29) is 16.6 Å². The van der Waals surface area contributed by atoms with Crippen molar-refractivity contribution in [2.45, 2.75) is 51.7 Å². The maximum absolute atomic E-state index is 12.0. The topological polar surface area (TPSA) is 59.0 Å². The normalized spacial score (nSPS) is 23.3. The van der Waals surface area contributed by atoms with Crippen LogP contribution >= 0.6 is 11.6 Å². The van der Waals surface area contributed by atoms with E-state index in [9.17, 15) is 4.79 Å². The Kier molecular flexibility index (Phi) is 4.82. The van der Waals surface area contributed by atoms with E-state index in [0.717, 1.165) is 25.8 Å². The number of piperidine rings is 1. The molecule has 2 N–H and O–H groups in total. The van der Waals surface area contributed by atoms with Crippen LogP contribution in [0.25, 0.3) is 0 Å². The van der Waals surface area contributed by atoms with Gasteiger partial charge in [-0.05, 0) is 32.7 Å². The van der Waals surface area contributed by atoms with Gasteiger partial charge in [0, 0.05) is 18.6 Å². The summed E-state index contributed by atoms with van der Waals surface area (Å²) in [5, 5.41) is 11.1. The van der Waals surface area contributed by atoms with Crippen molar-refractivity contribution in [1.82, 2.24) is 15.1 Å². The minimum absolute atomic E-state index is 0.218. The Balaban J connectivity index is 2.16. The molecule has 0 saturated carbocycles. The highest BCUT2D eigenvalue weighted by molar-refractivity contribution is 6.32. The molecule has 1 saturated heterocycles. The molecule has 1 fully saturated rings. The standard InChI is InChI=1S/C13H21ClN4O/c1-3-7-18-13(19)12(14)11(8-16-18)17-10-5-4-6-15-9(10)2/h8-10,15,17H,3-7H2,1-2H3. The maximum Gasteiger partial charge on any atom is 0.287 e. The molecular formula is C13H21ClN4O. The Morgan fingerprint density at radius 1 is 1.63 bits per heavy atom. The average molecular weight is 285 g/mol. The molecule has 0 radical (unpaired) electrons. The fraction of sp³-hybridized carbons (Fsp3) is 0.692. The number of hydrogen-bond donors (Lipinski definition) is 2. The predicted octanol–water partition coefficient (Wildman–Crippen LogP) is 1.86. The summed E-state index contributed by atoms with van der Waals surface area (Å²) in [6.07, 6.45) is 4.71. The summed E-state index contributed by atoms with van der Waals surface area (Å²) in [6.45, 7) is 5.78. The lowest BCUT2D eigenvalue weighted by atomic mass is 10.00. The monoisotopic (exact) mass is 284 g/mol. The van der Waals surface area contributed by atoms with Crippen LogP contribution in [0.2, 0.25) is 5.02 Å². The summed E-state index contributed by atoms with van der Waals surface area (Å²) in [5.74, 6) is 0. The summed E-state index contributed by atoms with van der Waals surface area (Å²) >= 11 is 6.14. The van der Waals surface area contributed by atoms with E-state index < -0.39 is 0 Å². The van der Waals surface area contributed by atoms with Gasteiger partial charge in [-0.1, -0.05) is 18.5 Å². The highest BCUT2D eigenvalue weighted by Crippen LogP contribution is 2.20. The Labute approximate surface area is 118 Å². The van der Waals surface area contributed by atoms with Crippen molar-refractivity contribution in [3.05, 3.63) is 21.6 Å². The second kappa shape index (κ2) is 6.39. The van der Waals surface area contributed by atoms with Crippen molar-refractivity contribution >= 4 is 17.3 Å². The van der Waals surface area contributed by atoms with Crippen molar-refractivity contribution in [2.75, 3.05) is 11.9 Å². The lowest BCUT2D eigenvalue weighted by molar-refractivity contribution is 0.389. The van der Waals surface area contributed by atoms with Gasteiger partial charge in [0.25, 0.3) is 5.56 Å². The van der Waals surface area contributed by atoms with Crippen LogP contribution in [-0.2, 0) is 6.54 Å². The molecule has 1 aromatic heterocycles. The van der Waals surface area contributed by atoms with E-state index >= 15 is 0 Å². The zero-order valence-electron chi connectivity index (χ0n) is 11.4. The zero-order valence-corrected chi connectivity index (χ0v) is 12.2. The number of rotatable bonds is 4. The van der Waals surface area contributed by atoms with Crippen molar-refractivity contribution in [2.24, 2.45) is 0 Å². The average Bonchev–Trinajstić information content (AvgIpc) is 2.41. The van der Waals surface area contributed by atoms with Crippen molar-refractivity contribution in [1.29, 1.82) is 0 Å². The summed E-state index contributed by atoms with van der Waals surface area (Å²) in [6, 6.07) is 0.650. The Morgan fingerprint density at radius 3 is 3.11 bits per heavy atom. The molecule has 0 bridgehead atoms. The van der Waals surface area contributed by atoms with Crippen molar-refractivity contribution < 1.29 is 0 Å². The van der Waals surface area contributed by atoms with Gasteiger partial charge in [0.05, 0.1) is 11.9 Å². The molecule has 0 aromatic carbocycles. The zero-order chi connectivity index (χ0) is 13.8. The first-order valence-corrected chi connectivity index (χ1v) is 7.26. The molecule has 106 valence electrons. The van der Waals surface area contributed by atoms with Gasteiger partial charge in [0.15, 0.2) is 0 Å². The Morgan fingerprint density at radius 2 is 2.42 bits per heavy atom. The van der Waals surface area contributed by atoms with E-state index in [1.807, 2.05) is 6.92 Å². The molecule has 0 amide bonds. The van der Waals surface area contributed by atoms with E-state index in [4.69, 9.17) is 11.6 Å². The number of anilines is 1. The van der Waals surface area contributed by atoms with Crippen LogP contribution in [0.1, 0.15) is 33.1 Å². The van der Waals surface area contributed by atoms with Crippen LogP contribution in [0.15, 0.2) is 11.0 Å². The van der Waals surface area contributed by atoms with E-state index in [0.29, 0.717) is 18.3 Å². The third-order valence-electron chi connectivity index (χ3n) is 3.52. The van der Waals surface area contributed by atoms with Crippen LogP contribution in [0.5, 0.6) is 0 Å². The van der Waals surface area contributed by atoms with Gasteiger partial charge in [-0.2, -0.15) is 5.10 Å². The van der Waals surface area contributed by atoms with E-state index in [2.05, 4.69) is 22.7 Å². The lowest BCUT2D eigenvalue weighted by Crippen LogP contribution is -2.46. The molecule has 5 nitrogen and oxygen atoms in total. The number of aromatic nitrogens is 2. The van der Waals surface area contributed by atoms with Crippen molar-refractivity contribution in [3.63, 3.8) is 0 Å². The molecule has 2 unspecified atom stereocenters. The van der Waals surface area contributed by atoms with Gasteiger partial charge >= 0.3 is 0 Å². The lowest BCUT2D eigenvalue weighted by Gasteiger charge is -2.31. The van der Waals surface area contributed by atoms with Crippen LogP contribution in [-0.4, -0.2) is 28.4 Å². The van der Waals surface area contributed by atoms with Crippen LogP contribution < -0.4 is 16.2 Å². The summed E-state index contributed by atoms with van der Waals surface area (Å²) < 4.78 is 1.41. The predicted molar refractivity (Wildman–Crippen MR) is 77.9 cm³/mol. The second-order valence-electron chi connectivity index (χ2n) is 5.04. The number of nitrogens with zero attached hydrogens (tertiary/aromatic N) is 2. The molecule has 2 rings (SSSR count). The summed E-state index contributed by atoms with van der Waals surface area (Å²) in [5.41, 5.74) is 0.421. The van der Waals surface area contributed by atoms with Gasteiger partial charge in [0.2, 0.25) is 0 Å². The van der Waals surface area contributed by atoms with Gasteiger partial charge in [-0.15, -0.1) is 0 Å². The molecule has 1 aromatic rings. The molecule has 19 heavy (non-hydrogen) atoms. The number of hydrogen-bond acceptors (Lipinski definition) is 4. The quantitative estimate of drug-likeness (QED) is 0.886. The van der Waals surface area contributed by atoms with Crippen LogP contribution in [0.3, 0.4) is 0 Å². The molecule has 0 spiro atoms. The first-order valence-electron chi connectivity index (χ1n) is 6.89. The smallest absolute Gasteiger partial charge is 0.287 e. The van der Waals surface area contributed by atoms with E-state index in [1.165, 1.54) is 4.68 Å². The minimum Gasteiger partial charge on any atom is -0.378 e. The van der Waals surface area contributed by atoms with Gasteiger partial charge in [-0.3, -0.25) is 4.79 Å². The molecule has 2 heterocycles. The SMILES string of the molecule is CCCn1ncc(NC2CCCNC2C)c(Cl)c1=O. The molecule has 6 heteroatoms. The van der Waals surface area contributed by atoms with Gasteiger partial charge < -0.3 is 10.6 Å². The maximum atomic E-state index is 12.0. The van der Waals surface area contributed by atoms with Crippen molar-refractivity contribution in [3.8, 4) is 0 Å². The molecule has 2 atom stereocenters. The fourth-order valence-corrected chi connectivity index (χ4v) is 2.58. The first-order chi connectivity index (χ1) is 9.13. The van der Waals surface area contributed by atoms with Crippen LogP contribution in [0, 0.1) is 0 Å². The number of aryl methyl sites for hydroxylation is 1. The second-order valence-corrected chi connectivity index (χ2v) is 5.41. The van der Waals surface area contributed by atoms with Gasteiger partial charge in [0.1, 0.15) is 5.02 Å². The summed E-state index contributed by atoms with van der Waals surface area (Å²) in [7, 11) is 0. The molecule has 1 aliphatic heterocycles. The van der Waals surface area contributed by atoms with Gasteiger partial charge in [-0.25, -0.2) is 4.68 Å². The highest BCUT2D eigenvalue weighted by Gasteiger charge is 2.22. The molecular weight excluding hydrogens is 264 g/mol. The van der Waals surface area contributed by atoms with Crippen LogP contribution in [0.4, 0.5) is 5.69 Å². The van der Waals surface area contributed by atoms with E-state index in [1.54, 1.807) is 6.20 Å². The fourth-order valence-electron chi connectivity index (χ4n) is 2.38. The first kappa shape index (κ1) is 14.3. The molecule has 1 aliphatic rings.